The van der Waals surface area contributed by atoms with Crippen molar-refractivity contribution in [2.24, 2.45) is 5.73 Å². The van der Waals surface area contributed by atoms with Gasteiger partial charge in [0.05, 0.1) is 5.52 Å². The van der Waals surface area contributed by atoms with Gasteiger partial charge in [0.25, 0.3) is 0 Å². The number of benzene rings is 1. The Labute approximate surface area is 125 Å². The number of nitrogens with one attached hydrogen (secondary N) is 1. The molecule has 1 aromatic carbocycles. The lowest BCUT2D eigenvalue weighted by Crippen LogP contribution is -2.34. The van der Waals surface area contributed by atoms with Crippen molar-refractivity contribution in [1.29, 1.82) is 5.41 Å². The maximum atomic E-state index is 7.83. The first-order valence-corrected chi connectivity index (χ1v) is 7.64. The lowest BCUT2D eigenvalue weighted by atomic mass is 9.94. The van der Waals surface area contributed by atoms with Gasteiger partial charge in [-0.15, -0.1) is 0 Å². The maximum Gasteiger partial charge on any atom is 0.129 e. The van der Waals surface area contributed by atoms with Gasteiger partial charge < -0.3 is 10.6 Å². The molecule has 1 aromatic heterocycles. The molecule has 1 saturated carbocycles. The highest BCUT2D eigenvalue weighted by Gasteiger charge is 2.20. The lowest BCUT2D eigenvalue weighted by molar-refractivity contribution is 0.426. The monoisotopic (exact) mass is 282 g/mol. The number of fused-ring (bicyclic) bond motifs is 1. The molecule has 4 heteroatoms. The molecule has 4 nitrogen and oxygen atoms in total. The summed E-state index contributed by atoms with van der Waals surface area (Å²) >= 11 is 0. The molecular weight excluding hydrogens is 260 g/mol. The SMILES string of the molecule is CN(c1cc(C(=N)N)c2ccccc2n1)C1CCCCC1. The van der Waals surface area contributed by atoms with Gasteiger partial charge in [0.2, 0.25) is 0 Å². The number of nitrogens with two attached hydrogens (primary N) is 1. The molecule has 1 fully saturated rings. The average molecular weight is 282 g/mol. The zero-order valence-corrected chi connectivity index (χ0v) is 12.5. The van der Waals surface area contributed by atoms with E-state index < -0.39 is 0 Å². The van der Waals surface area contributed by atoms with E-state index in [2.05, 4.69) is 11.9 Å². The number of hydrogen-bond donors (Lipinski definition) is 2. The summed E-state index contributed by atoms with van der Waals surface area (Å²) in [6, 6.07) is 10.4. The van der Waals surface area contributed by atoms with Gasteiger partial charge in [-0.05, 0) is 25.0 Å². The highest BCUT2D eigenvalue weighted by Crippen LogP contribution is 2.28. The summed E-state index contributed by atoms with van der Waals surface area (Å²) in [6.45, 7) is 0. The van der Waals surface area contributed by atoms with Crippen molar-refractivity contribution >= 4 is 22.6 Å². The van der Waals surface area contributed by atoms with Crippen LogP contribution in [0.5, 0.6) is 0 Å². The van der Waals surface area contributed by atoms with Crippen LogP contribution < -0.4 is 10.6 Å². The van der Waals surface area contributed by atoms with Gasteiger partial charge in [0.1, 0.15) is 11.7 Å². The van der Waals surface area contributed by atoms with Crippen LogP contribution in [0, 0.1) is 5.41 Å². The van der Waals surface area contributed by atoms with Gasteiger partial charge in [0, 0.05) is 24.0 Å². The Morgan fingerprint density at radius 3 is 2.67 bits per heavy atom. The Bertz CT molecular complexity index is 659. The molecule has 0 saturated heterocycles. The second-order valence-corrected chi connectivity index (χ2v) is 5.86. The van der Waals surface area contributed by atoms with E-state index in [-0.39, 0.29) is 5.84 Å². The molecule has 1 heterocycles. The smallest absolute Gasteiger partial charge is 0.129 e. The van der Waals surface area contributed by atoms with Gasteiger partial charge in [-0.25, -0.2) is 4.98 Å². The summed E-state index contributed by atoms with van der Waals surface area (Å²) < 4.78 is 0. The lowest BCUT2D eigenvalue weighted by Gasteiger charge is -2.32. The van der Waals surface area contributed by atoms with Crippen LogP contribution in [0.25, 0.3) is 10.9 Å². The molecule has 0 atom stereocenters. The second kappa shape index (κ2) is 5.72. The van der Waals surface area contributed by atoms with E-state index in [0.717, 1.165) is 22.3 Å². The molecule has 2 aromatic rings. The molecule has 0 spiro atoms. The van der Waals surface area contributed by atoms with Crippen LogP contribution in [0.2, 0.25) is 0 Å². The zero-order valence-electron chi connectivity index (χ0n) is 12.5. The summed E-state index contributed by atoms with van der Waals surface area (Å²) in [5, 5.41) is 8.78. The fourth-order valence-corrected chi connectivity index (χ4v) is 3.22. The predicted molar refractivity (Wildman–Crippen MR) is 88.0 cm³/mol. The fraction of sp³-hybridized carbons (Fsp3) is 0.412. The van der Waals surface area contributed by atoms with Crippen molar-refractivity contribution in [1.82, 2.24) is 4.98 Å². The first-order chi connectivity index (χ1) is 10.2. The van der Waals surface area contributed by atoms with Crippen molar-refractivity contribution in [3.63, 3.8) is 0 Å². The predicted octanol–water partition coefficient (Wildman–Crippen LogP) is 3.29. The Morgan fingerprint density at radius 1 is 1.24 bits per heavy atom. The molecule has 110 valence electrons. The molecule has 3 N–H and O–H groups in total. The Kier molecular flexibility index (Phi) is 3.78. The Balaban J connectivity index is 2.04. The quantitative estimate of drug-likeness (QED) is 0.670. The molecule has 0 bridgehead atoms. The highest BCUT2D eigenvalue weighted by atomic mass is 15.2. The number of aromatic nitrogens is 1. The summed E-state index contributed by atoms with van der Waals surface area (Å²) in [7, 11) is 2.11. The second-order valence-electron chi connectivity index (χ2n) is 5.86. The van der Waals surface area contributed by atoms with Crippen molar-refractivity contribution in [3.05, 3.63) is 35.9 Å². The van der Waals surface area contributed by atoms with E-state index in [0.29, 0.717) is 6.04 Å². The zero-order chi connectivity index (χ0) is 14.8. The van der Waals surface area contributed by atoms with Crippen LogP contribution in [0.1, 0.15) is 37.7 Å². The van der Waals surface area contributed by atoms with Crippen LogP contribution in [-0.2, 0) is 0 Å². The molecule has 3 rings (SSSR count). The summed E-state index contributed by atoms with van der Waals surface area (Å²) in [5.74, 6) is 1.03. The average Bonchev–Trinajstić information content (AvgIpc) is 2.53. The number of hydrogen-bond acceptors (Lipinski definition) is 3. The highest BCUT2D eigenvalue weighted by molar-refractivity contribution is 6.07. The van der Waals surface area contributed by atoms with Gasteiger partial charge in [-0.2, -0.15) is 0 Å². The van der Waals surface area contributed by atoms with Gasteiger partial charge in [-0.1, -0.05) is 37.5 Å². The molecule has 1 aliphatic rings. The largest absolute Gasteiger partial charge is 0.384 e. The van der Waals surface area contributed by atoms with E-state index >= 15 is 0 Å². The summed E-state index contributed by atoms with van der Waals surface area (Å²) in [5.41, 5.74) is 7.45. The van der Waals surface area contributed by atoms with Crippen LogP contribution in [0.15, 0.2) is 30.3 Å². The molecule has 0 unspecified atom stereocenters. The van der Waals surface area contributed by atoms with Crippen molar-refractivity contribution in [2.45, 2.75) is 38.1 Å². The summed E-state index contributed by atoms with van der Waals surface area (Å²) in [6.07, 6.45) is 6.37. The normalized spacial score (nSPS) is 16.0. The molecule has 0 aliphatic heterocycles. The van der Waals surface area contributed by atoms with E-state index in [1.807, 2.05) is 30.3 Å². The number of amidine groups is 1. The van der Waals surface area contributed by atoms with E-state index in [9.17, 15) is 0 Å². The standard InChI is InChI=1S/C17H22N4/c1-21(12-7-3-2-4-8-12)16-11-14(17(18)19)13-9-5-6-10-15(13)20-16/h5-6,9-12H,2-4,7-8H2,1H3,(H3,18,19). The van der Waals surface area contributed by atoms with Gasteiger partial charge in [-0.3, -0.25) is 5.41 Å². The number of pyridine rings is 1. The minimum absolute atomic E-state index is 0.104. The topological polar surface area (TPSA) is 66.0 Å². The van der Waals surface area contributed by atoms with Crippen molar-refractivity contribution < 1.29 is 0 Å². The Morgan fingerprint density at radius 2 is 1.95 bits per heavy atom. The molecule has 0 radical (unpaired) electrons. The number of anilines is 1. The minimum Gasteiger partial charge on any atom is -0.384 e. The van der Waals surface area contributed by atoms with E-state index in [4.69, 9.17) is 16.1 Å². The number of nitrogen functional groups attached to an aromatic ring is 1. The number of nitrogens with zero attached hydrogens (tertiary/aromatic N) is 2. The minimum atomic E-state index is 0.104. The Hall–Kier alpha value is -2.10. The number of para-hydroxylation sites is 1. The third kappa shape index (κ3) is 2.71. The maximum absolute atomic E-state index is 7.83. The first-order valence-electron chi connectivity index (χ1n) is 7.64. The molecule has 1 aliphatic carbocycles. The van der Waals surface area contributed by atoms with Crippen molar-refractivity contribution in [3.8, 4) is 0 Å². The van der Waals surface area contributed by atoms with Gasteiger partial charge in [0.15, 0.2) is 0 Å². The first kappa shape index (κ1) is 13.9. The van der Waals surface area contributed by atoms with E-state index in [1.54, 1.807) is 0 Å². The third-order valence-corrected chi connectivity index (χ3v) is 4.48. The fourth-order valence-electron chi connectivity index (χ4n) is 3.22. The third-order valence-electron chi connectivity index (χ3n) is 4.48. The van der Waals surface area contributed by atoms with Crippen LogP contribution >= 0.6 is 0 Å². The van der Waals surface area contributed by atoms with Crippen LogP contribution in [0.4, 0.5) is 5.82 Å². The molecule has 21 heavy (non-hydrogen) atoms. The van der Waals surface area contributed by atoms with Gasteiger partial charge >= 0.3 is 0 Å². The van der Waals surface area contributed by atoms with E-state index in [1.165, 1.54) is 32.1 Å². The summed E-state index contributed by atoms with van der Waals surface area (Å²) in [4.78, 5) is 7.03. The van der Waals surface area contributed by atoms with Crippen molar-refractivity contribution in [2.75, 3.05) is 11.9 Å². The molecule has 0 amide bonds. The van der Waals surface area contributed by atoms with Crippen LogP contribution in [0.3, 0.4) is 0 Å². The number of rotatable bonds is 3. The van der Waals surface area contributed by atoms with Crippen LogP contribution in [-0.4, -0.2) is 23.9 Å². The molecular formula is C17H22N4.